The molecule has 2 N–H and O–H groups in total. The highest BCUT2D eigenvalue weighted by atomic mass is 15.0. The maximum Gasteiger partial charge on any atom is 0.135 e. The number of hydrogen-bond acceptors (Lipinski definition) is 3. The second kappa shape index (κ2) is 4.30. The van der Waals surface area contributed by atoms with Crippen molar-refractivity contribution in [2.45, 2.75) is 18.3 Å². The van der Waals surface area contributed by atoms with Gasteiger partial charge in [-0.3, -0.25) is 0 Å². The molecule has 3 heteroatoms. The van der Waals surface area contributed by atoms with Crippen LogP contribution in [0.25, 0.3) is 10.9 Å². The quantitative estimate of drug-likeness (QED) is 0.768. The molecule has 2 atom stereocenters. The second-order valence-corrected chi connectivity index (χ2v) is 5.34. The molecular formula is C17H15N3. The lowest BCUT2D eigenvalue weighted by atomic mass is 10.1. The summed E-state index contributed by atoms with van der Waals surface area (Å²) in [5.74, 6) is 2.42. The van der Waals surface area contributed by atoms with E-state index in [1.807, 2.05) is 30.3 Å². The molecule has 0 radical (unpaired) electrons. The molecule has 2 aromatic carbocycles. The fourth-order valence-electron chi connectivity index (χ4n) is 2.83. The molecule has 3 aromatic rings. The van der Waals surface area contributed by atoms with Crippen molar-refractivity contribution in [3.63, 3.8) is 0 Å². The van der Waals surface area contributed by atoms with Crippen molar-refractivity contribution in [2.75, 3.05) is 5.73 Å². The van der Waals surface area contributed by atoms with E-state index in [9.17, 15) is 0 Å². The van der Waals surface area contributed by atoms with Crippen molar-refractivity contribution in [1.29, 1.82) is 0 Å². The van der Waals surface area contributed by atoms with Crippen LogP contribution in [0.4, 0.5) is 5.82 Å². The lowest BCUT2D eigenvalue weighted by Crippen LogP contribution is -2.00. The Balaban J connectivity index is 1.71. The molecule has 3 nitrogen and oxygen atoms in total. The molecule has 4 rings (SSSR count). The fourth-order valence-corrected chi connectivity index (χ4v) is 2.83. The average Bonchev–Trinajstić information content (AvgIpc) is 3.29. The van der Waals surface area contributed by atoms with Crippen LogP contribution >= 0.6 is 0 Å². The van der Waals surface area contributed by atoms with E-state index >= 15 is 0 Å². The molecule has 0 saturated heterocycles. The molecule has 0 aliphatic heterocycles. The average molecular weight is 261 g/mol. The van der Waals surface area contributed by atoms with Gasteiger partial charge in [-0.05, 0) is 30.0 Å². The highest BCUT2D eigenvalue weighted by molar-refractivity contribution is 5.87. The third-order valence-electron chi connectivity index (χ3n) is 4.00. The zero-order valence-electron chi connectivity index (χ0n) is 11.0. The Kier molecular flexibility index (Phi) is 2.46. The monoisotopic (exact) mass is 261 g/mol. The number of benzene rings is 2. The Labute approximate surface area is 117 Å². The minimum Gasteiger partial charge on any atom is -0.383 e. The predicted molar refractivity (Wildman–Crippen MR) is 80.5 cm³/mol. The van der Waals surface area contributed by atoms with E-state index in [2.05, 4.69) is 34.2 Å². The number of aromatic nitrogens is 2. The van der Waals surface area contributed by atoms with Crippen molar-refractivity contribution < 1.29 is 0 Å². The van der Waals surface area contributed by atoms with Gasteiger partial charge in [0.25, 0.3) is 0 Å². The molecule has 1 aromatic heterocycles. The number of nitrogens with two attached hydrogens (primary N) is 1. The summed E-state index contributed by atoms with van der Waals surface area (Å²) >= 11 is 0. The molecule has 0 spiro atoms. The first-order chi connectivity index (χ1) is 9.83. The molecular weight excluding hydrogens is 246 g/mol. The number of para-hydroxylation sites is 1. The summed E-state index contributed by atoms with van der Waals surface area (Å²) in [4.78, 5) is 9.19. The van der Waals surface area contributed by atoms with Crippen LogP contribution in [-0.4, -0.2) is 9.97 Å². The van der Waals surface area contributed by atoms with E-state index in [1.165, 1.54) is 5.56 Å². The second-order valence-electron chi connectivity index (χ2n) is 5.34. The fraction of sp³-hybridized carbons (Fsp3) is 0.176. The minimum atomic E-state index is 0.407. The van der Waals surface area contributed by atoms with Gasteiger partial charge in [-0.25, -0.2) is 9.97 Å². The summed E-state index contributed by atoms with van der Waals surface area (Å²) in [5, 5.41) is 0.938. The van der Waals surface area contributed by atoms with Gasteiger partial charge in [0.15, 0.2) is 0 Å². The summed E-state index contributed by atoms with van der Waals surface area (Å²) in [7, 11) is 0. The van der Waals surface area contributed by atoms with Crippen LogP contribution in [0.3, 0.4) is 0 Å². The van der Waals surface area contributed by atoms with Crippen molar-refractivity contribution >= 4 is 16.7 Å². The van der Waals surface area contributed by atoms with Gasteiger partial charge in [-0.1, -0.05) is 42.5 Å². The van der Waals surface area contributed by atoms with Gasteiger partial charge < -0.3 is 5.73 Å². The molecule has 1 aliphatic rings. The first-order valence-corrected chi connectivity index (χ1v) is 6.90. The number of nitrogens with zero attached hydrogens (tertiary/aromatic N) is 2. The van der Waals surface area contributed by atoms with Crippen LogP contribution in [0.5, 0.6) is 0 Å². The maximum atomic E-state index is 6.06. The lowest BCUT2D eigenvalue weighted by molar-refractivity contribution is 0.914. The van der Waals surface area contributed by atoms with E-state index in [0.717, 1.165) is 23.1 Å². The minimum absolute atomic E-state index is 0.407. The van der Waals surface area contributed by atoms with Crippen molar-refractivity contribution in [3.05, 3.63) is 66.0 Å². The molecule has 1 heterocycles. The van der Waals surface area contributed by atoms with Gasteiger partial charge in [0.2, 0.25) is 0 Å². The van der Waals surface area contributed by atoms with Crippen LogP contribution < -0.4 is 5.73 Å². The van der Waals surface area contributed by atoms with E-state index in [4.69, 9.17) is 5.73 Å². The first-order valence-electron chi connectivity index (χ1n) is 6.90. The number of nitrogen functional groups attached to an aromatic ring is 1. The van der Waals surface area contributed by atoms with E-state index in [-0.39, 0.29) is 0 Å². The molecule has 1 aliphatic carbocycles. The lowest BCUT2D eigenvalue weighted by Gasteiger charge is -2.05. The highest BCUT2D eigenvalue weighted by Gasteiger charge is 2.41. The standard InChI is InChI=1S/C17H15N3/c18-16-12-8-4-5-9-15(12)19-17(20-16)14-10-13(14)11-6-2-1-3-7-11/h1-9,13-14H,10H2,(H2,18,19,20). The van der Waals surface area contributed by atoms with Crippen LogP contribution in [0.1, 0.15) is 29.6 Å². The molecule has 1 fully saturated rings. The Hall–Kier alpha value is -2.42. The predicted octanol–water partition coefficient (Wildman–Crippen LogP) is 3.48. The Morgan fingerprint density at radius 3 is 2.45 bits per heavy atom. The summed E-state index contributed by atoms with van der Waals surface area (Å²) in [6, 6.07) is 18.5. The third-order valence-corrected chi connectivity index (χ3v) is 4.00. The Morgan fingerprint density at radius 1 is 0.850 bits per heavy atom. The third kappa shape index (κ3) is 1.83. The Bertz CT molecular complexity index is 768. The van der Waals surface area contributed by atoms with E-state index in [1.54, 1.807) is 0 Å². The zero-order valence-corrected chi connectivity index (χ0v) is 11.0. The van der Waals surface area contributed by atoms with Crippen LogP contribution in [0.2, 0.25) is 0 Å². The van der Waals surface area contributed by atoms with Crippen molar-refractivity contribution in [1.82, 2.24) is 9.97 Å². The largest absolute Gasteiger partial charge is 0.383 e. The number of hydrogen-bond donors (Lipinski definition) is 1. The van der Waals surface area contributed by atoms with Gasteiger partial charge in [-0.15, -0.1) is 0 Å². The topological polar surface area (TPSA) is 51.8 Å². The summed E-state index contributed by atoms with van der Waals surface area (Å²) in [5.41, 5.74) is 8.36. The zero-order chi connectivity index (χ0) is 13.5. The smallest absolute Gasteiger partial charge is 0.135 e. The van der Waals surface area contributed by atoms with Crippen molar-refractivity contribution in [2.24, 2.45) is 0 Å². The molecule has 98 valence electrons. The Morgan fingerprint density at radius 2 is 1.60 bits per heavy atom. The normalized spacial score (nSPS) is 21.0. The maximum absolute atomic E-state index is 6.06. The van der Waals surface area contributed by atoms with Crippen LogP contribution in [0, 0.1) is 0 Å². The molecule has 0 bridgehead atoms. The van der Waals surface area contributed by atoms with E-state index < -0.39 is 0 Å². The molecule has 20 heavy (non-hydrogen) atoms. The molecule has 0 amide bonds. The van der Waals surface area contributed by atoms with E-state index in [0.29, 0.717) is 17.7 Å². The van der Waals surface area contributed by atoms with Gasteiger partial charge >= 0.3 is 0 Å². The molecule has 2 unspecified atom stereocenters. The van der Waals surface area contributed by atoms with Gasteiger partial charge in [0.1, 0.15) is 11.6 Å². The highest BCUT2D eigenvalue weighted by Crippen LogP contribution is 2.53. The number of anilines is 1. The van der Waals surface area contributed by atoms with Crippen LogP contribution in [0.15, 0.2) is 54.6 Å². The summed E-state index contributed by atoms with van der Waals surface area (Å²) in [6.07, 6.45) is 1.11. The van der Waals surface area contributed by atoms with Crippen LogP contribution in [-0.2, 0) is 0 Å². The van der Waals surface area contributed by atoms with Crippen molar-refractivity contribution in [3.8, 4) is 0 Å². The van der Waals surface area contributed by atoms with Gasteiger partial charge in [0.05, 0.1) is 5.52 Å². The van der Waals surface area contributed by atoms with Gasteiger partial charge in [0, 0.05) is 11.3 Å². The summed E-state index contributed by atoms with van der Waals surface area (Å²) in [6.45, 7) is 0. The number of rotatable bonds is 2. The SMILES string of the molecule is Nc1nc(C2CC2c2ccccc2)nc2ccccc12. The molecule has 1 saturated carbocycles. The van der Waals surface area contributed by atoms with Gasteiger partial charge in [-0.2, -0.15) is 0 Å². The summed E-state index contributed by atoms with van der Waals surface area (Å²) < 4.78 is 0. The number of fused-ring (bicyclic) bond motifs is 1. The first kappa shape index (κ1) is 11.4.